The fourth-order valence-corrected chi connectivity index (χ4v) is 5.52. The molecule has 0 bridgehead atoms. The van der Waals surface area contributed by atoms with E-state index >= 15 is 0 Å². The summed E-state index contributed by atoms with van der Waals surface area (Å²) in [6.45, 7) is 4.01. The molecule has 0 amide bonds. The topological polar surface area (TPSA) is 113 Å². The van der Waals surface area contributed by atoms with Crippen LogP contribution in [-0.4, -0.2) is 45.7 Å². The van der Waals surface area contributed by atoms with Crippen LogP contribution in [0.25, 0.3) is 0 Å². The van der Waals surface area contributed by atoms with E-state index < -0.39 is 30.3 Å². The molecule has 0 radical (unpaired) electrons. The van der Waals surface area contributed by atoms with E-state index in [1.165, 1.54) is 7.11 Å². The van der Waals surface area contributed by atoms with Crippen molar-refractivity contribution in [2.45, 2.75) is 32.1 Å². The summed E-state index contributed by atoms with van der Waals surface area (Å²) < 4.78 is 33.8. The zero-order valence-corrected chi connectivity index (χ0v) is 25.6. The van der Waals surface area contributed by atoms with Gasteiger partial charge in [-0.3, -0.25) is 4.79 Å². The first-order valence-electron chi connectivity index (χ1n) is 13.3. The summed E-state index contributed by atoms with van der Waals surface area (Å²) in [5.74, 6) is -0.712. The third-order valence-electron chi connectivity index (χ3n) is 7.14. The monoisotopic (exact) mass is 570 g/mol. The molecule has 0 saturated carbocycles. The molecule has 10 heteroatoms. The van der Waals surface area contributed by atoms with Crippen LogP contribution in [0.15, 0.2) is 54.6 Å². The number of hydrogen-bond acceptors (Lipinski definition) is 9. The summed E-state index contributed by atoms with van der Waals surface area (Å²) in [7, 11) is 1.51. The van der Waals surface area contributed by atoms with Crippen LogP contribution in [0, 0.1) is 5.92 Å². The molecular weight excluding hydrogens is 539 g/mol. The maximum Gasteiger partial charge on any atom is 1.00 e. The van der Waals surface area contributed by atoms with Gasteiger partial charge < -0.3 is 38.3 Å². The minimum atomic E-state index is -1.36. The van der Waals surface area contributed by atoms with Crippen molar-refractivity contribution in [1.82, 2.24) is 0 Å². The van der Waals surface area contributed by atoms with Crippen LogP contribution in [0.3, 0.4) is 0 Å². The molecule has 210 valence electrons. The summed E-state index contributed by atoms with van der Waals surface area (Å²) in [5, 5.41) is 11.3. The molecule has 0 fully saturated rings. The van der Waals surface area contributed by atoms with Gasteiger partial charge in [0.2, 0.25) is 6.79 Å². The second kappa shape index (κ2) is 13.5. The van der Waals surface area contributed by atoms with Crippen LogP contribution in [0.1, 0.15) is 54.4 Å². The number of carboxylic acid groups (broad SMARTS) is 1. The summed E-state index contributed by atoms with van der Waals surface area (Å²) in [5.41, 5.74) is 3.27. The van der Waals surface area contributed by atoms with Crippen molar-refractivity contribution in [3.8, 4) is 28.7 Å². The summed E-state index contributed by atoms with van der Waals surface area (Å²) in [6, 6.07) is 16.7. The van der Waals surface area contributed by atoms with Gasteiger partial charge in [0.25, 0.3) is 0 Å². The van der Waals surface area contributed by atoms with Crippen molar-refractivity contribution in [2.75, 3.05) is 33.7 Å². The quantitative estimate of drug-likeness (QED) is 0.244. The van der Waals surface area contributed by atoms with E-state index in [4.69, 9.17) is 28.4 Å². The Labute approximate surface area is 260 Å². The van der Waals surface area contributed by atoms with Gasteiger partial charge in [0, 0.05) is 23.5 Å². The average molecular weight is 571 g/mol. The molecule has 0 aromatic heterocycles. The number of aliphatic carboxylic acids is 1. The molecule has 0 saturated heterocycles. The van der Waals surface area contributed by atoms with Crippen LogP contribution in [0.2, 0.25) is 0 Å². The number of rotatable bonds is 11. The number of esters is 1. The summed E-state index contributed by atoms with van der Waals surface area (Å²) in [6.07, 6.45) is 0.839. The largest absolute Gasteiger partial charge is 1.00 e. The molecule has 3 unspecified atom stereocenters. The van der Waals surface area contributed by atoms with E-state index in [0.717, 1.165) is 23.1 Å². The molecule has 0 spiro atoms. The minimum Gasteiger partial charge on any atom is -0.546 e. The Morgan fingerprint density at radius 1 is 0.878 bits per heavy atom. The third kappa shape index (κ3) is 6.27. The molecular formula is C31H31NaO9. The van der Waals surface area contributed by atoms with Crippen LogP contribution in [-0.2, 0) is 14.3 Å². The standard InChI is InChI=1S/C31H32O9.Na/c1-4-12-37-20-8-9-21-23(14-20)29(22-10-7-19(35-3)15-25(22)38-16-27(32)33)30(31(34)36-5-2)28(21)18-6-11-24-26(13-18)40-17-39-24;/h6-11,13-15,28-30H,4-5,12,16-17H2,1-3H3,(H,32,33);/q;+1/p-1. The predicted molar refractivity (Wildman–Crippen MR) is 142 cm³/mol. The van der Waals surface area contributed by atoms with Crippen LogP contribution >= 0.6 is 0 Å². The summed E-state index contributed by atoms with van der Waals surface area (Å²) in [4.78, 5) is 25.1. The van der Waals surface area contributed by atoms with Crippen molar-refractivity contribution in [3.05, 3.63) is 76.9 Å². The first-order chi connectivity index (χ1) is 19.4. The molecule has 3 aromatic carbocycles. The molecule has 9 nitrogen and oxygen atoms in total. The van der Waals surface area contributed by atoms with Crippen molar-refractivity contribution < 1.29 is 72.7 Å². The van der Waals surface area contributed by atoms with E-state index in [1.54, 1.807) is 25.1 Å². The Bertz CT molecular complexity index is 1410. The Morgan fingerprint density at radius 3 is 2.37 bits per heavy atom. The molecule has 41 heavy (non-hydrogen) atoms. The first kappa shape index (κ1) is 30.6. The molecule has 5 rings (SSSR count). The van der Waals surface area contributed by atoms with Gasteiger partial charge in [0.15, 0.2) is 11.5 Å². The molecule has 1 aliphatic heterocycles. The van der Waals surface area contributed by atoms with E-state index in [2.05, 4.69) is 0 Å². The van der Waals surface area contributed by atoms with Crippen molar-refractivity contribution in [1.29, 1.82) is 0 Å². The van der Waals surface area contributed by atoms with Crippen molar-refractivity contribution in [2.24, 2.45) is 5.92 Å². The Kier molecular flexibility index (Phi) is 10.1. The van der Waals surface area contributed by atoms with Gasteiger partial charge in [-0.25, -0.2) is 0 Å². The molecule has 1 aliphatic carbocycles. The normalized spacial score (nSPS) is 18.2. The number of carbonyl (C=O) groups is 2. The fourth-order valence-electron chi connectivity index (χ4n) is 5.52. The Hall–Kier alpha value is -3.40. The molecule has 0 N–H and O–H groups in total. The maximum atomic E-state index is 13.8. The number of methoxy groups -OCH3 is 1. The molecule has 1 heterocycles. The van der Waals surface area contributed by atoms with Gasteiger partial charge >= 0.3 is 35.5 Å². The van der Waals surface area contributed by atoms with E-state index in [-0.39, 0.29) is 54.7 Å². The minimum absolute atomic E-state index is 0. The zero-order valence-electron chi connectivity index (χ0n) is 23.6. The van der Waals surface area contributed by atoms with E-state index in [9.17, 15) is 14.7 Å². The number of benzene rings is 3. The van der Waals surface area contributed by atoms with E-state index in [0.29, 0.717) is 35.2 Å². The Morgan fingerprint density at radius 2 is 1.63 bits per heavy atom. The number of hydrogen-bond donors (Lipinski definition) is 0. The maximum absolute atomic E-state index is 13.8. The number of carbonyl (C=O) groups excluding carboxylic acids is 2. The number of carboxylic acids is 1. The smallest absolute Gasteiger partial charge is 0.546 e. The van der Waals surface area contributed by atoms with Crippen LogP contribution < -0.4 is 58.3 Å². The number of fused-ring (bicyclic) bond motifs is 2. The van der Waals surface area contributed by atoms with Gasteiger partial charge in [0.1, 0.15) is 23.9 Å². The second-order valence-corrected chi connectivity index (χ2v) is 9.55. The average Bonchev–Trinajstić information content (AvgIpc) is 3.56. The number of ether oxygens (including phenoxy) is 6. The van der Waals surface area contributed by atoms with Gasteiger partial charge in [-0.2, -0.15) is 0 Å². The molecule has 3 aromatic rings. The SMILES string of the molecule is CCCOc1ccc2c(c1)C(c1ccc(OC)cc1OCC(=O)[O-])C(C(=O)OCC)C2c1ccc2c(c1)OCO2.[Na+]. The van der Waals surface area contributed by atoms with E-state index in [1.807, 2.05) is 43.3 Å². The van der Waals surface area contributed by atoms with Gasteiger partial charge in [-0.05, 0) is 60.4 Å². The second-order valence-electron chi connectivity index (χ2n) is 9.55. The zero-order chi connectivity index (χ0) is 28.2. The predicted octanol–water partition coefficient (Wildman–Crippen LogP) is 0.802. The molecule has 2 aliphatic rings. The van der Waals surface area contributed by atoms with Crippen LogP contribution in [0.4, 0.5) is 0 Å². The van der Waals surface area contributed by atoms with Crippen LogP contribution in [0.5, 0.6) is 28.7 Å². The van der Waals surface area contributed by atoms with Gasteiger partial charge in [-0.1, -0.05) is 25.1 Å². The molecule has 3 atom stereocenters. The van der Waals surface area contributed by atoms with Crippen molar-refractivity contribution in [3.63, 3.8) is 0 Å². The summed E-state index contributed by atoms with van der Waals surface area (Å²) >= 11 is 0. The van der Waals surface area contributed by atoms with Gasteiger partial charge in [0.05, 0.1) is 32.2 Å². The first-order valence-corrected chi connectivity index (χ1v) is 13.3. The third-order valence-corrected chi connectivity index (χ3v) is 7.14. The van der Waals surface area contributed by atoms with Crippen molar-refractivity contribution >= 4 is 11.9 Å². The fraction of sp³-hybridized carbons (Fsp3) is 0.355. The van der Waals surface area contributed by atoms with Gasteiger partial charge in [-0.15, -0.1) is 0 Å². The Balaban J connectivity index is 0.00000387.